The standard InChI is InChI=1S/C10H12F2O/c1-3-7-4-5-8(9(13)6-7)10(2,11)12/h4-6,13H,3H2,1-2H3. The van der Waals surface area contributed by atoms with Gasteiger partial charge in [-0.05, 0) is 24.1 Å². The Morgan fingerprint density at radius 1 is 1.38 bits per heavy atom. The molecule has 1 aromatic carbocycles. The number of hydrogen-bond donors (Lipinski definition) is 1. The van der Waals surface area contributed by atoms with Crippen molar-refractivity contribution in [2.45, 2.75) is 26.2 Å². The summed E-state index contributed by atoms with van der Waals surface area (Å²) in [6, 6.07) is 4.26. The highest BCUT2D eigenvalue weighted by molar-refractivity contribution is 5.38. The highest BCUT2D eigenvalue weighted by Crippen LogP contribution is 2.34. The van der Waals surface area contributed by atoms with E-state index < -0.39 is 5.92 Å². The second-order valence-electron chi connectivity index (χ2n) is 3.09. The molecule has 0 fully saturated rings. The van der Waals surface area contributed by atoms with Crippen LogP contribution in [-0.4, -0.2) is 5.11 Å². The van der Waals surface area contributed by atoms with Gasteiger partial charge in [0.1, 0.15) is 5.75 Å². The van der Waals surface area contributed by atoms with Crippen LogP contribution in [0, 0.1) is 0 Å². The fourth-order valence-electron chi connectivity index (χ4n) is 1.17. The van der Waals surface area contributed by atoms with Crippen molar-refractivity contribution in [2.75, 3.05) is 0 Å². The molecule has 0 saturated carbocycles. The Bertz CT molecular complexity index is 302. The van der Waals surface area contributed by atoms with E-state index in [-0.39, 0.29) is 11.3 Å². The zero-order chi connectivity index (χ0) is 10.1. The van der Waals surface area contributed by atoms with Gasteiger partial charge in [-0.1, -0.05) is 13.0 Å². The van der Waals surface area contributed by atoms with Crippen LogP contribution in [0.3, 0.4) is 0 Å². The molecule has 0 spiro atoms. The largest absolute Gasteiger partial charge is 0.507 e. The first-order chi connectivity index (χ1) is 5.95. The van der Waals surface area contributed by atoms with Crippen molar-refractivity contribution in [3.63, 3.8) is 0 Å². The van der Waals surface area contributed by atoms with Crippen LogP contribution in [0.5, 0.6) is 5.75 Å². The number of phenolic OH excluding ortho intramolecular Hbond substituents is 1. The quantitative estimate of drug-likeness (QED) is 0.752. The maximum atomic E-state index is 12.8. The molecule has 3 heteroatoms. The second-order valence-corrected chi connectivity index (χ2v) is 3.09. The molecule has 0 aliphatic heterocycles. The third kappa shape index (κ3) is 2.17. The summed E-state index contributed by atoms with van der Waals surface area (Å²) >= 11 is 0. The highest BCUT2D eigenvalue weighted by Gasteiger charge is 2.27. The molecular weight excluding hydrogens is 174 g/mol. The van der Waals surface area contributed by atoms with Crippen LogP contribution in [0.4, 0.5) is 8.78 Å². The predicted octanol–water partition coefficient (Wildman–Crippen LogP) is 3.07. The zero-order valence-electron chi connectivity index (χ0n) is 7.64. The van der Waals surface area contributed by atoms with E-state index in [2.05, 4.69) is 0 Å². The summed E-state index contributed by atoms with van der Waals surface area (Å²) in [5.74, 6) is -3.30. The first-order valence-electron chi connectivity index (χ1n) is 4.15. The van der Waals surface area contributed by atoms with Crippen LogP contribution < -0.4 is 0 Å². The van der Waals surface area contributed by atoms with Crippen molar-refractivity contribution in [1.29, 1.82) is 0 Å². The summed E-state index contributed by atoms with van der Waals surface area (Å²) in [4.78, 5) is 0. The van der Waals surface area contributed by atoms with Crippen LogP contribution in [0.25, 0.3) is 0 Å². The second kappa shape index (κ2) is 3.32. The zero-order valence-corrected chi connectivity index (χ0v) is 7.64. The molecule has 0 aliphatic rings. The average molecular weight is 186 g/mol. The minimum absolute atomic E-state index is 0.315. The molecule has 0 unspecified atom stereocenters. The average Bonchev–Trinajstić information content (AvgIpc) is 2.01. The van der Waals surface area contributed by atoms with Crippen LogP contribution in [0.2, 0.25) is 0 Å². The van der Waals surface area contributed by atoms with Crippen LogP contribution in [0.1, 0.15) is 25.0 Å². The number of hydrogen-bond acceptors (Lipinski definition) is 1. The predicted molar refractivity (Wildman–Crippen MR) is 47.1 cm³/mol. The summed E-state index contributed by atoms with van der Waals surface area (Å²) in [5, 5.41) is 9.28. The van der Waals surface area contributed by atoms with Gasteiger partial charge >= 0.3 is 0 Å². The Hall–Kier alpha value is -1.12. The Morgan fingerprint density at radius 3 is 2.38 bits per heavy atom. The monoisotopic (exact) mass is 186 g/mol. The van der Waals surface area contributed by atoms with E-state index in [0.29, 0.717) is 0 Å². The molecule has 0 aromatic heterocycles. The number of aryl methyl sites for hydroxylation is 1. The van der Waals surface area contributed by atoms with Gasteiger partial charge in [0.25, 0.3) is 5.92 Å². The Morgan fingerprint density at radius 2 is 2.00 bits per heavy atom. The molecule has 1 nitrogen and oxygen atoms in total. The molecule has 0 radical (unpaired) electrons. The molecule has 0 aliphatic carbocycles. The van der Waals surface area contributed by atoms with E-state index >= 15 is 0 Å². The van der Waals surface area contributed by atoms with Crippen molar-refractivity contribution in [3.8, 4) is 5.75 Å². The minimum atomic E-state index is -2.98. The smallest absolute Gasteiger partial charge is 0.274 e. The molecule has 0 saturated heterocycles. The summed E-state index contributed by atoms with van der Waals surface area (Å²) in [6.45, 7) is 2.67. The van der Waals surface area contributed by atoms with E-state index in [9.17, 15) is 13.9 Å². The molecule has 0 amide bonds. The molecule has 0 atom stereocenters. The lowest BCUT2D eigenvalue weighted by Gasteiger charge is -2.12. The Labute approximate surface area is 76.0 Å². The lowest BCUT2D eigenvalue weighted by molar-refractivity contribution is 0.0151. The summed E-state index contributed by atoms with van der Waals surface area (Å²) < 4.78 is 25.6. The van der Waals surface area contributed by atoms with Crippen LogP contribution in [0.15, 0.2) is 18.2 Å². The van der Waals surface area contributed by atoms with E-state index in [1.165, 1.54) is 12.1 Å². The van der Waals surface area contributed by atoms with Crippen molar-refractivity contribution < 1.29 is 13.9 Å². The molecule has 13 heavy (non-hydrogen) atoms. The van der Waals surface area contributed by atoms with Crippen molar-refractivity contribution in [1.82, 2.24) is 0 Å². The van der Waals surface area contributed by atoms with Gasteiger partial charge in [0.05, 0.1) is 5.56 Å². The fraction of sp³-hybridized carbons (Fsp3) is 0.400. The lowest BCUT2D eigenvalue weighted by Crippen LogP contribution is -2.07. The topological polar surface area (TPSA) is 20.2 Å². The third-order valence-electron chi connectivity index (χ3n) is 1.94. The molecule has 1 N–H and O–H groups in total. The first kappa shape index (κ1) is 9.96. The number of rotatable bonds is 2. The molecular formula is C10H12F2O. The van der Waals surface area contributed by atoms with Crippen molar-refractivity contribution >= 4 is 0 Å². The van der Waals surface area contributed by atoms with E-state index in [1.54, 1.807) is 6.07 Å². The maximum Gasteiger partial charge on any atom is 0.274 e. The van der Waals surface area contributed by atoms with Gasteiger partial charge in [-0.3, -0.25) is 0 Å². The van der Waals surface area contributed by atoms with E-state index in [1.807, 2.05) is 6.92 Å². The van der Waals surface area contributed by atoms with Gasteiger partial charge in [-0.25, -0.2) is 8.78 Å². The number of alkyl halides is 2. The Kier molecular flexibility index (Phi) is 2.55. The number of aromatic hydroxyl groups is 1. The SMILES string of the molecule is CCc1ccc(C(C)(F)F)c(O)c1. The van der Waals surface area contributed by atoms with E-state index in [4.69, 9.17) is 0 Å². The molecule has 1 rings (SSSR count). The van der Waals surface area contributed by atoms with Gasteiger partial charge in [-0.2, -0.15) is 0 Å². The van der Waals surface area contributed by atoms with Crippen LogP contribution >= 0.6 is 0 Å². The molecule has 0 bridgehead atoms. The Balaban J connectivity index is 3.13. The molecule has 72 valence electrons. The first-order valence-corrected chi connectivity index (χ1v) is 4.15. The highest BCUT2D eigenvalue weighted by atomic mass is 19.3. The summed E-state index contributed by atoms with van der Waals surface area (Å²) in [5.41, 5.74) is 0.537. The van der Waals surface area contributed by atoms with Crippen molar-refractivity contribution in [2.24, 2.45) is 0 Å². The van der Waals surface area contributed by atoms with Gasteiger partial charge < -0.3 is 5.11 Å². The fourth-order valence-corrected chi connectivity index (χ4v) is 1.17. The number of halogens is 2. The number of phenols is 1. The third-order valence-corrected chi connectivity index (χ3v) is 1.94. The van der Waals surface area contributed by atoms with Crippen LogP contribution in [-0.2, 0) is 12.3 Å². The molecule has 1 aromatic rings. The number of benzene rings is 1. The van der Waals surface area contributed by atoms with Gasteiger partial charge in [-0.15, -0.1) is 0 Å². The van der Waals surface area contributed by atoms with Crippen molar-refractivity contribution in [3.05, 3.63) is 29.3 Å². The normalized spacial score (nSPS) is 11.7. The van der Waals surface area contributed by atoms with Gasteiger partial charge in [0, 0.05) is 6.92 Å². The molecule has 0 heterocycles. The van der Waals surface area contributed by atoms with Gasteiger partial charge in [0.2, 0.25) is 0 Å². The maximum absolute atomic E-state index is 12.8. The van der Waals surface area contributed by atoms with Gasteiger partial charge in [0.15, 0.2) is 0 Å². The lowest BCUT2D eigenvalue weighted by atomic mass is 10.0. The summed E-state index contributed by atoms with van der Waals surface area (Å²) in [6.07, 6.45) is 0.725. The summed E-state index contributed by atoms with van der Waals surface area (Å²) in [7, 11) is 0. The van der Waals surface area contributed by atoms with E-state index in [0.717, 1.165) is 18.9 Å². The minimum Gasteiger partial charge on any atom is -0.507 e.